The Balaban J connectivity index is 2.39. The molecule has 4 heteroatoms. The molecule has 0 aliphatic heterocycles. The van der Waals surface area contributed by atoms with Crippen LogP contribution in [-0.2, 0) is 6.54 Å². The summed E-state index contributed by atoms with van der Waals surface area (Å²) in [4.78, 5) is 0. The summed E-state index contributed by atoms with van der Waals surface area (Å²) < 4.78 is 7.41. The van der Waals surface area contributed by atoms with Gasteiger partial charge in [0.1, 0.15) is 17.2 Å². The standard InChI is InChI=1S/C13H19N3O/c1-8(2)6-16-7-12(14)13(15-16)11-5-9(3)17-10(11)4/h5,7-8H,6,14H2,1-4H3. The fourth-order valence-electron chi connectivity index (χ4n) is 1.98. The molecular formula is C13H19N3O. The molecule has 0 atom stereocenters. The highest BCUT2D eigenvalue weighted by Gasteiger charge is 2.14. The van der Waals surface area contributed by atoms with Crippen LogP contribution in [0.3, 0.4) is 0 Å². The van der Waals surface area contributed by atoms with Crippen LogP contribution in [0.5, 0.6) is 0 Å². The van der Waals surface area contributed by atoms with E-state index in [4.69, 9.17) is 10.2 Å². The lowest BCUT2D eigenvalue weighted by atomic mass is 10.1. The van der Waals surface area contributed by atoms with E-state index in [1.54, 1.807) is 0 Å². The second-order valence-electron chi connectivity index (χ2n) is 4.88. The van der Waals surface area contributed by atoms with Crippen molar-refractivity contribution in [3.63, 3.8) is 0 Å². The van der Waals surface area contributed by atoms with Gasteiger partial charge >= 0.3 is 0 Å². The highest BCUT2D eigenvalue weighted by atomic mass is 16.3. The third-order valence-electron chi connectivity index (χ3n) is 2.64. The number of aromatic nitrogens is 2. The van der Waals surface area contributed by atoms with Gasteiger partial charge in [0.15, 0.2) is 0 Å². The van der Waals surface area contributed by atoms with Crippen molar-refractivity contribution in [2.24, 2.45) is 5.92 Å². The monoisotopic (exact) mass is 233 g/mol. The van der Waals surface area contributed by atoms with Gasteiger partial charge in [-0.25, -0.2) is 0 Å². The minimum Gasteiger partial charge on any atom is -0.466 e. The van der Waals surface area contributed by atoms with E-state index in [1.165, 1.54) is 0 Å². The molecule has 2 N–H and O–H groups in total. The number of rotatable bonds is 3. The van der Waals surface area contributed by atoms with E-state index in [0.29, 0.717) is 11.6 Å². The number of nitrogens with zero attached hydrogens (tertiary/aromatic N) is 2. The SMILES string of the molecule is Cc1cc(-c2nn(CC(C)C)cc2N)c(C)o1. The number of nitrogens with two attached hydrogens (primary N) is 1. The molecule has 2 aromatic heterocycles. The Labute approximate surface area is 101 Å². The van der Waals surface area contributed by atoms with E-state index in [9.17, 15) is 0 Å². The van der Waals surface area contributed by atoms with Crippen LogP contribution in [0.1, 0.15) is 25.4 Å². The number of nitrogen functional groups attached to an aromatic ring is 1. The fraction of sp³-hybridized carbons (Fsp3) is 0.462. The number of hydrogen-bond acceptors (Lipinski definition) is 3. The van der Waals surface area contributed by atoms with Gasteiger partial charge in [-0.3, -0.25) is 4.68 Å². The molecule has 0 amide bonds. The van der Waals surface area contributed by atoms with Gasteiger partial charge in [-0.05, 0) is 25.8 Å². The third-order valence-corrected chi connectivity index (χ3v) is 2.64. The van der Waals surface area contributed by atoms with Crippen molar-refractivity contribution in [1.82, 2.24) is 9.78 Å². The van der Waals surface area contributed by atoms with Crippen LogP contribution >= 0.6 is 0 Å². The first kappa shape index (κ1) is 11.8. The Morgan fingerprint density at radius 1 is 1.41 bits per heavy atom. The van der Waals surface area contributed by atoms with Crippen LogP contribution in [0.2, 0.25) is 0 Å². The second kappa shape index (κ2) is 4.28. The molecule has 92 valence electrons. The summed E-state index contributed by atoms with van der Waals surface area (Å²) in [6, 6.07) is 1.98. The summed E-state index contributed by atoms with van der Waals surface area (Å²) in [6.07, 6.45) is 1.89. The highest BCUT2D eigenvalue weighted by molar-refractivity contribution is 5.73. The van der Waals surface area contributed by atoms with Gasteiger partial charge in [0.05, 0.1) is 5.69 Å². The van der Waals surface area contributed by atoms with Gasteiger partial charge in [-0.1, -0.05) is 13.8 Å². The zero-order valence-electron chi connectivity index (χ0n) is 10.8. The minimum absolute atomic E-state index is 0.550. The molecule has 0 saturated carbocycles. The van der Waals surface area contributed by atoms with E-state index in [-0.39, 0.29) is 0 Å². The van der Waals surface area contributed by atoms with Gasteiger partial charge in [0.2, 0.25) is 0 Å². The summed E-state index contributed by atoms with van der Waals surface area (Å²) in [5.74, 6) is 2.30. The topological polar surface area (TPSA) is 57.0 Å². The van der Waals surface area contributed by atoms with Crippen molar-refractivity contribution in [1.29, 1.82) is 0 Å². The normalized spacial score (nSPS) is 11.4. The highest BCUT2D eigenvalue weighted by Crippen LogP contribution is 2.29. The number of hydrogen-bond donors (Lipinski definition) is 1. The van der Waals surface area contributed by atoms with Gasteiger partial charge < -0.3 is 10.2 Å². The average molecular weight is 233 g/mol. The molecule has 0 fully saturated rings. The maximum absolute atomic E-state index is 6.00. The molecular weight excluding hydrogens is 214 g/mol. The van der Waals surface area contributed by atoms with Crippen LogP contribution < -0.4 is 5.73 Å². The van der Waals surface area contributed by atoms with Crippen molar-refractivity contribution in [2.75, 3.05) is 5.73 Å². The quantitative estimate of drug-likeness (QED) is 0.886. The van der Waals surface area contributed by atoms with Crippen molar-refractivity contribution >= 4 is 5.69 Å². The number of furan rings is 1. The van der Waals surface area contributed by atoms with E-state index < -0.39 is 0 Å². The molecule has 0 bridgehead atoms. The molecule has 0 aromatic carbocycles. The van der Waals surface area contributed by atoms with Crippen molar-refractivity contribution in [2.45, 2.75) is 34.2 Å². The smallest absolute Gasteiger partial charge is 0.119 e. The predicted octanol–water partition coefficient (Wildman–Crippen LogP) is 3.00. The molecule has 0 aliphatic rings. The van der Waals surface area contributed by atoms with Crippen LogP contribution in [-0.4, -0.2) is 9.78 Å². The van der Waals surface area contributed by atoms with Crippen LogP contribution in [0, 0.1) is 19.8 Å². The third kappa shape index (κ3) is 2.35. The van der Waals surface area contributed by atoms with Crippen molar-refractivity contribution in [3.8, 4) is 11.3 Å². The first-order valence-corrected chi connectivity index (χ1v) is 5.87. The maximum Gasteiger partial charge on any atom is 0.119 e. The molecule has 2 heterocycles. The van der Waals surface area contributed by atoms with E-state index >= 15 is 0 Å². The van der Waals surface area contributed by atoms with Gasteiger partial charge in [-0.15, -0.1) is 0 Å². The maximum atomic E-state index is 6.00. The molecule has 17 heavy (non-hydrogen) atoms. The lowest BCUT2D eigenvalue weighted by molar-refractivity contribution is 0.484. The summed E-state index contributed by atoms with van der Waals surface area (Å²) in [6.45, 7) is 9.05. The Morgan fingerprint density at radius 3 is 2.65 bits per heavy atom. The van der Waals surface area contributed by atoms with Crippen molar-refractivity contribution < 1.29 is 4.42 Å². The average Bonchev–Trinajstić information content (AvgIpc) is 2.69. The Bertz CT molecular complexity index is 523. The summed E-state index contributed by atoms with van der Waals surface area (Å²) in [7, 11) is 0. The number of aryl methyl sites for hydroxylation is 2. The Morgan fingerprint density at radius 2 is 2.12 bits per heavy atom. The molecule has 0 unspecified atom stereocenters. The van der Waals surface area contributed by atoms with E-state index in [2.05, 4.69) is 18.9 Å². The van der Waals surface area contributed by atoms with Crippen molar-refractivity contribution in [3.05, 3.63) is 23.8 Å². The number of anilines is 1. The largest absolute Gasteiger partial charge is 0.466 e. The molecule has 2 rings (SSSR count). The minimum atomic E-state index is 0.550. The van der Waals surface area contributed by atoms with E-state index in [0.717, 1.165) is 29.3 Å². The molecule has 0 saturated heterocycles. The summed E-state index contributed by atoms with van der Waals surface area (Å²) in [5.41, 5.74) is 8.51. The zero-order chi connectivity index (χ0) is 12.6. The summed E-state index contributed by atoms with van der Waals surface area (Å²) in [5, 5.41) is 4.53. The second-order valence-corrected chi connectivity index (χ2v) is 4.88. The zero-order valence-corrected chi connectivity index (χ0v) is 10.8. The van der Waals surface area contributed by atoms with Crippen LogP contribution in [0.4, 0.5) is 5.69 Å². The van der Waals surface area contributed by atoms with Gasteiger partial charge in [0, 0.05) is 18.3 Å². The Hall–Kier alpha value is -1.71. The molecule has 4 nitrogen and oxygen atoms in total. The van der Waals surface area contributed by atoms with E-state index in [1.807, 2.05) is 30.8 Å². The molecule has 0 radical (unpaired) electrons. The molecule has 0 aliphatic carbocycles. The first-order valence-electron chi connectivity index (χ1n) is 5.87. The summed E-state index contributed by atoms with van der Waals surface area (Å²) >= 11 is 0. The van der Waals surface area contributed by atoms with Gasteiger partial charge in [-0.2, -0.15) is 5.10 Å². The Kier molecular flexibility index (Phi) is 2.96. The van der Waals surface area contributed by atoms with Crippen LogP contribution in [0.15, 0.2) is 16.7 Å². The van der Waals surface area contributed by atoms with Crippen LogP contribution in [0.25, 0.3) is 11.3 Å². The molecule has 0 spiro atoms. The lowest BCUT2D eigenvalue weighted by Gasteiger charge is -2.03. The first-order chi connectivity index (χ1) is 7.97. The predicted molar refractivity (Wildman–Crippen MR) is 68.7 cm³/mol. The van der Waals surface area contributed by atoms with Gasteiger partial charge in [0.25, 0.3) is 0 Å². The fourth-order valence-corrected chi connectivity index (χ4v) is 1.98. The molecule has 2 aromatic rings. The lowest BCUT2D eigenvalue weighted by Crippen LogP contribution is -2.04.